The van der Waals surface area contributed by atoms with Crippen LogP contribution in [0.5, 0.6) is 0 Å². The maximum atomic E-state index is 11.9. The Bertz CT molecular complexity index is 482. The van der Waals surface area contributed by atoms with Gasteiger partial charge in [0.2, 0.25) is 0 Å². The van der Waals surface area contributed by atoms with Gasteiger partial charge in [-0.15, -0.1) is 0 Å². The maximum Gasteiger partial charge on any atom is 0.331 e. The normalized spacial score (nSPS) is 22.9. The SMILES string of the molecule is CCC1CCCCC1OC(=O)/C=C/c1cccc(N)c1. The molecule has 0 saturated heterocycles. The van der Waals surface area contributed by atoms with Crippen LogP contribution in [0.2, 0.25) is 0 Å². The van der Waals surface area contributed by atoms with E-state index in [1.807, 2.05) is 24.3 Å². The lowest BCUT2D eigenvalue weighted by Crippen LogP contribution is -2.29. The number of nitrogens with two attached hydrogens (primary N) is 1. The van der Waals surface area contributed by atoms with Crippen LogP contribution < -0.4 is 5.73 Å². The van der Waals surface area contributed by atoms with Gasteiger partial charge in [0.25, 0.3) is 0 Å². The van der Waals surface area contributed by atoms with E-state index in [2.05, 4.69) is 6.92 Å². The topological polar surface area (TPSA) is 52.3 Å². The fraction of sp³-hybridized carbons (Fsp3) is 0.471. The van der Waals surface area contributed by atoms with Gasteiger partial charge < -0.3 is 10.5 Å². The van der Waals surface area contributed by atoms with Gasteiger partial charge in [0, 0.05) is 11.8 Å². The van der Waals surface area contributed by atoms with E-state index in [9.17, 15) is 4.79 Å². The Morgan fingerprint density at radius 3 is 2.95 bits per heavy atom. The Hall–Kier alpha value is -1.77. The first kappa shape index (κ1) is 14.6. The minimum Gasteiger partial charge on any atom is -0.459 e. The molecule has 0 aromatic heterocycles. The van der Waals surface area contributed by atoms with Crippen LogP contribution in [-0.4, -0.2) is 12.1 Å². The number of esters is 1. The minimum absolute atomic E-state index is 0.0896. The average Bonchev–Trinajstić information content (AvgIpc) is 2.46. The molecular weight excluding hydrogens is 250 g/mol. The van der Waals surface area contributed by atoms with Crippen molar-refractivity contribution >= 4 is 17.7 Å². The Labute approximate surface area is 120 Å². The predicted octanol–water partition coefficient (Wildman–Crippen LogP) is 3.79. The molecular formula is C17H23NO2. The van der Waals surface area contributed by atoms with Crippen LogP contribution >= 0.6 is 0 Å². The highest BCUT2D eigenvalue weighted by Crippen LogP contribution is 2.29. The Morgan fingerprint density at radius 2 is 2.20 bits per heavy atom. The maximum absolute atomic E-state index is 11.9. The van der Waals surface area contributed by atoms with Gasteiger partial charge in [0.1, 0.15) is 6.10 Å². The molecule has 1 aromatic carbocycles. The molecule has 2 unspecified atom stereocenters. The fourth-order valence-corrected chi connectivity index (χ4v) is 2.81. The van der Waals surface area contributed by atoms with Gasteiger partial charge in [-0.25, -0.2) is 4.79 Å². The molecule has 108 valence electrons. The van der Waals surface area contributed by atoms with Gasteiger partial charge in [-0.05, 0) is 55.4 Å². The number of hydrogen-bond donors (Lipinski definition) is 1. The van der Waals surface area contributed by atoms with Crippen molar-refractivity contribution in [3.05, 3.63) is 35.9 Å². The van der Waals surface area contributed by atoms with E-state index in [1.54, 1.807) is 6.08 Å². The number of ether oxygens (including phenoxy) is 1. The molecule has 0 radical (unpaired) electrons. The molecule has 1 aliphatic carbocycles. The highest BCUT2D eigenvalue weighted by molar-refractivity contribution is 5.87. The fourth-order valence-electron chi connectivity index (χ4n) is 2.81. The zero-order valence-electron chi connectivity index (χ0n) is 12.0. The van der Waals surface area contributed by atoms with Crippen molar-refractivity contribution in [3.63, 3.8) is 0 Å². The standard InChI is InChI=1S/C17H23NO2/c1-2-14-7-3-4-9-16(14)20-17(19)11-10-13-6-5-8-15(18)12-13/h5-6,8,10-12,14,16H,2-4,7,9,18H2,1H3/b11-10+. The molecule has 3 heteroatoms. The summed E-state index contributed by atoms with van der Waals surface area (Å²) in [5.41, 5.74) is 7.31. The van der Waals surface area contributed by atoms with Crippen LogP contribution in [0.3, 0.4) is 0 Å². The summed E-state index contributed by atoms with van der Waals surface area (Å²) in [6.07, 6.45) is 9.00. The summed E-state index contributed by atoms with van der Waals surface area (Å²) in [4.78, 5) is 11.9. The zero-order chi connectivity index (χ0) is 14.4. The van der Waals surface area contributed by atoms with Gasteiger partial charge in [0.15, 0.2) is 0 Å². The quantitative estimate of drug-likeness (QED) is 0.516. The molecule has 1 fully saturated rings. The zero-order valence-corrected chi connectivity index (χ0v) is 12.0. The van der Waals surface area contributed by atoms with Crippen molar-refractivity contribution in [2.45, 2.75) is 45.1 Å². The van der Waals surface area contributed by atoms with Crippen molar-refractivity contribution in [3.8, 4) is 0 Å². The van der Waals surface area contributed by atoms with Crippen LogP contribution in [-0.2, 0) is 9.53 Å². The van der Waals surface area contributed by atoms with E-state index in [-0.39, 0.29) is 12.1 Å². The lowest BCUT2D eigenvalue weighted by atomic mass is 9.85. The highest BCUT2D eigenvalue weighted by atomic mass is 16.5. The van der Waals surface area contributed by atoms with Crippen molar-refractivity contribution in [2.75, 3.05) is 5.73 Å². The highest BCUT2D eigenvalue weighted by Gasteiger charge is 2.26. The van der Waals surface area contributed by atoms with E-state index in [0.29, 0.717) is 11.6 Å². The molecule has 2 atom stereocenters. The van der Waals surface area contributed by atoms with E-state index in [4.69, 9.17) is 10.5 Å². The van der Waals surface area contributed by atoms with Gasteiger partial charge in [-0.1, -0.05) is 25.5 Å². The first-order valence-electron chi connectivity index (χ1n) is 7.43. The summed E-state index contributed by atoms with van der Waals surface area (Å²) < 4.78 is 5.59. The third-order valence-electron chi connectivity index (χ3n) is 3.95. The van der Waals surface area contributed by atoms with Gasteiger partial charge >= 0.3 is 5.97 Å². The molecule has 1 saturated carbocycles. The van der Waals surface area contributed by atoms with Gasteiger partial charge in [-0.3, -0.25) is 0 Å². The lowest BCUT2D eigenvalue weighted by molar-refractivity contribution is -0.147. The Balaban J connectivity index is 1.91. The summed E-state index contributed by atoms with van der Waals surface area (Å²) in [6, 6.07) is 7.44. The van der Waals surface area contributed by atoms with Gasteiger partial charge in [-0.2, -0.15) is 0 Å². The first-order chi connectivity index (χ1) is 9.69. The second-order valence-electron chi connectivity index (χ2n) is 5.43. The predicted molar refractivity (Wildman–Crippen MR) is 82.0 cm³/mol. The second kappa shape index (κ2) is 7.13. The van der Waals surface area contributed by atoms with Crippen molar-refractivity contribution in [1.82, 2.24) is 0 Å². The second-order valence-corrected chi connectivity index (χ2v) is 5.43. The number of carbonyl (C=O) groups excluding carboxylic acids is 1. The molecule has 20 heavy (non-hydrogen) atoms. The van der Waals surface area contributed by atoms with E-state index in [1.165, 1.54) is 18.9 Å². The molecule has 3 nitrogen and oxygen atoms in total. The van der Waals surface area contributed by atoms with Crippen LogP contribution in [0.1, 0.15) is 44.6 Å². The third kappa shape index (κ3) is 4.12. The molecule has 0 heterocycles. The van der Waals surface area contributed by atoms with Crippen LogP contribution in [0.25, 0.3) is 6.08 Å². The van der Waals surface area contributed by atoms with Crippen molar-refractivity contribution < 1.29 is 9.53 Å². The summed E-state index contributed by atoms with van der Waals surface area (Å²) in [6.45, 7) is 2.17. The number of hydrogen-bond acceptors (Lipinski definition) is 3. The van der Waals surface area contributed by atoms with Crippen LogP contribution in [0.4, 0.5) is 5.69 Å². The molecule has 1 aromatic rings. The van der Waals surface area contributed by atoms with Crippen LogP contribution in [0.15, 0.2) is 30.3 Å². The third-order valence-corrected chi connectivity index (χ3v) is 3.95. The molecule has 2 rings (SSSR count). The number of benzene rings is 1. The molecule has 0 spiro atoms. The summed E-state index contributed by atoms with van der Waals surface area (Å²) in [5.74, 6) is 0.270. The molecule has 0 bridgehead atoms. The lowest BCUT2D eigenvalue weighted by Gasteiger charge is -2.29. The largest absolute Gasteiger partial charge is 0.459 e. The van der Waals surface area contributed by atoms with E-state index in [0.717, 1.165) is 24.8 Å². The monoisotopic (exact) mass is 273 g/mol. The smallest absolute Gasteiger partial charge is 0.331 e. The average molecular weight is 273 g/mol. The Kier molecular flexibility index (Phi) is 5.22. The van der Waals surface area contributed by atoms with Crippen molar-refractivity contribution in [2.24, 2.45) is 5.92 Å². The Morgan fingerprint density at radius 1 is 1.40 bits per heavy atom. The number of anilines is 1. The minimum atomic E-state index is -0.252. The van der Waals surface area contributed by atoms with E-state index >= 15 is 0 Å². The summed E-state index contributed by atoms with van der Waals surface area (Å²) in [5, 5.41) is 0. The molecule has 2 N–H and O–H groups in total. The summed E-state index contributed by atoms with van der Waals surface area (Å²) in [7, 11) is 0. The molecule has 1 aliphatic rings. The summed E-state index contributed by atoms with van der Waals surface area (Å²) >= 11 is 0. The van der Waals surface area contributed by atoms with E-state index < -0.39 is 0 Å². The number of rotatable bonds is 4. The number of nitrogen functional groups attached to an aromatic ring is 1. The number of carbonyl (C=O) groups is 1. The first-order valence-corrected chi connectivity index (χ1v) is 7.43. The van der Waals surface area contributed by atoms with Crippen LogP contribution in [0, 0.1) is 5.92 Å². The molecule has 0 aliphatic heterocycles. The van der Waals surface area contributed by atoms with Gasteiger partial charge in [0.05, 0.1) is 0 Å². The molecule has 0 amide bonds. The van der Waals surface area contributed by atoms with Crippen molar-refractivity contribution in [1.29, 1.82) is 0 Å².